The summed E-state index contributed by atoms with van der Waals surface area (Å²) in [4.78, 5) is 19.3. The van der Waals surface area contributed by atoms with Crippen molar-refractivity contribution in [2.75, 3.05) is 0 Å². The third-order valence-electron chi connectivity index (χ3n) is 8.33. The number of nitrogens with zero attached hydrogens (tertiary/aromatic N) is 3. The van der Waals surface area contributed by atoms with Gasteiger partial charge in [-0.05, 0) is 85.2 Å². The van der Waals surface area contributed by atoms with Crippen LogP contribution in [0.15, 0.2) is 102 Å². The summed E-state index contributed by atoms with van der Waals surface area (Å²) in [7, 11) is -3.63. The van der Waals surface area contributed by atoms with Crippen LogP contribution in [0.1, 0.15) is 75.1 Å². The molecule has 4 aromatic rings. The number of aromatic nitrogens is 1. The van der Waals surface area contributed by atoms with E-state index in [0.717, 1.165) is 63.5 Å². The average molecular weight is 719 g/mol. The lowest BCUT2D eigenvalue weighted by Crippen LogP contribution is -2.43. The lowest BCUT2D eigenvalue weighted by molar-refractivity contribution is 0.00988. The highest BCUT2D eigenvalue weighted by molar-refractivity contribution is 9.10. The molecule has 0 saturated heterocycles. The van der Waals surface area contributed by atoms with Crippen LogP contribution in [0.3, 0.4) is 0 Å². The Labute approximate surface area is 288 Å². The van der Waals surface area contributed by atoms with Gasteiger partial charge in [-0.2, -0.15) is 4.31 Å². The summed E-state index contributed by atoms with van der Waals surface area (Å²) in [6.07, 6.45) is 8.65. The van der Waals surface area contributed by atoms with Crippen molar-refractivity contribution < 1.29 is 17.9 Å². The number of carbonyl (C=O) groups is 1. The van der Waals surface area contributed by atoms with Crippen molar-refractivity contribution in [3.63, 3.8) is 0 Å². The van der Waals surface area contributed by atoms with Gasteiger partial charge in [0, 0.05) is 42.5 Å². The standard InChI is InChI=1S/C38H44BrN3O4S/c1-38(2,3)46-37(43)42(36-9-5-4-6-10-36)27-30-13-19-34(20-14-30)33-17-11-29(12-18-33)25-41(26-32-8-7-23-40-24-32)47(44,45)28-31-15-21-35(39)22-16-31/h7-8,11-24,36H,4-6,9-10,25-28H2,1-3H3. The summed E-state index contributed by atoms with van der Waals surface area (Å²) in [5.41, 5.74) is 5.07. The number of halogens is 1. The molecule has 1 aliphatic carbocycles. The normalized spacial score (nSPS) is 14.2. The molecule has 0 spiro atoms. The van der Waals surface area contributed by atoms with Crippen molar-refractivity contribution in [1.29, 1.82) is 0 Å². The predicted molar refractivity (Wildman–Crippen MR) is 191 cm³/mol. The summed E-state index contributed by atoms with van der Waals surface area (Å²) in [6.45, 7) is 6.72. The minimum atomic E-state index is -3.63. The molecule has 3 aromatic carbocycles. The molecule has 248 valence electrons. The maximum atomic E-state index is 13.7. The van der Waals surface area contributed by atoms with E-state index in [1.807, 2.05) is 86.3 Å². The van der Waals surface area contributed by atoms with E-state index < -0.39 is 15.6 Å². The van der Waals surface area contributed by atoms with E-state index in [4.69, 9.17) is 4.74 Å². The van der Waals surface area contributed by atoms with Crippen LogP contribution in [0, 0.1) is 0 Å². The lowest BCUT2D eigenvalue weighted by atomic mass is 9.94. The fourth-order valence-corrected chi connectivity index (χ4v) is 7.64. The molecule has 0 unspecified atom stereocenters. The Hall–Kier alpha value is -3.53. The van der Waals surface area contributed by atoms with Gasteiger partial charge in [0.2, 0.25) is 10.0 Å². The number of hydrogen-bond donors (Lipinski definition) is 0. The zero-order valence-electron chi connectivity index (χ0n) is 27.4. The topological polar surface area (TPSA) is 79.8 Å². The molecular formula is C38H44BrN3O4S. The van der Waals surface area contributed by atoms with Crippen LogP contribution in [0.2, 0.25) is 0 Å². The molecule has 0 radical (unpaired) electrons. The van der Waals surface area contributed by atoms with Crippen LogP contribution in [0.4, 0.5) is 4.79 Å². The maximum absolute atomic E-state index is 13.7. The highest BCUT2D eigenvalue weighted by Gasteiger charge is 2.29. The Balaban J connectivity index is 1.29. The van der Waals surface area contributed by atoms with E-state index in [2.05, 4.69) is 45.2 Å². The molecule has 1 heterocycles. The minimum Gasteiger partial charge on any atom is -0.444 e. The SMILES string of the molecule is CC(C)(C)OC(=O)N(Cc1ccc(-c2ccc(CN(Cc3cccnc3)S(=O)(=O)Cc3ccc(Br)cc3)cc2)cc1)C1CCCCC1. The maximum Gasteiger partial charge on any atom is 0.410 e. The predicted octanol–water partition coefficient (Wildman–Crippen LogP) is 9.11. The second kappa shape index (κ2) is 15.6. The van der Waals surface area contributed by atoms with Gasteiger partial charge in [-0.3, -0.25) is 4.98 Å². The monoisotopic (exact) mass is 717 g/mol. The minimum absolute atomic E-state index is 0.0862. The lowest BCUT2D eigenvalue weighted by Gasteiger charge is -2.35. The van der Waals surface area contributed by atoms with Gasteiger partial charge in [0.25, 0.3) is 0 Å². The number of amides is 1. The molecule has 9 heteroatoms. The van der Waals surface area contributed by atoms with Gasteiger partial charge >= 0.3 is 6.09 Å². The molecule has 0 atom stereocenters. The number of benzene rings is 3. The van der Waals surface area contributed by atoms with Gasteiger partial charge in [0.05, 0.1) is 5.75 Å². The van der Waals surface area contributed by atoms with E-state index in [1.165, 1.54) is 10.7 Å². The first-order valence-corrected chi connectivity index (χ1v) is 18.6. The quantitative estimate of drug-likeness (QED) is 0.155. The Kier molecular flexibility index (Phi) is 11.5. The first kappa shape index (κ1) is 34.8. The third-order valence-corrected chi connectivity index (χ3v) is 10.6. The Morgan fingerprint density at radius 2 is 1.34 bits per heavy atom. The van der Waals surface area contributed by atoms with Crippen LogP contribution in [0.5, 0.6) is 0 Å². The summed E-state index contributed by atoms with van der Waals surface area (Å²) in [6, 6.07) is 27.6. The number of carbonyl (C=O) groups excluding carboxylic acids is 1. The van der Waals surface area contributed by atoms with E-state index in [0.29, 0.717) is 6.54 Å². The van der Waals surface area contributed by atoms with Crippen LogP contribution in [-0.4, -0.2) is 40.3 Å². The molecule has 1 saturated carbocycles. The Morgan fingerprint density at radius 1 is 0.787 bits per heavy atom. The first-order valence-electron chi connectivity index (χ1n) is 16.2. The largest absolute Gasteiger partial charge is 0.444 e. The van der Waals surface area contributed by atoms with E-state index >= 15 is 0 Å². The molecular weight excluding hydrogens is 674 g/mol. The Bertz CT molecular complexity index is 1700. The van der Waals surface area contributed by atoms with Crippen LogP contribution >= 0.6 is 15.9 Å². The molecule has 1 fully saturated rings. The third kappa shape index (κ3) is 10.2. The van der Waals surface area contributed by atoms with Crippen LogP contribution < -0.4 is 0 Å². The number of ether oxygens (including phenoxy) is 1. The van der Waals surface area contributed by atoms with Crippen molar-refractivity contribution in [3.05, 3.63) is 124 Å². The summed E-state index contributed by atoms with van der Waals surface area (Å²) in [5, 5.41) is 0. The molecule has 47 heavy (non-hydrogen) atoms. The van der Waals surface area contributed by atoms with Gasteiger partial charge in [-0.1, -0.05) is 102 Å². The molecule has 5 rings (SSSR count). The highest BCUT2D eigenvalue weighted by Crippen LogP contribution is 2.28. The van der Waals surface area contributed by atoms with Crippen molar-refractivity contribution >= 4 is 32.0 Å². The van der Waals surface area contributed by atoms with E-state index in [9.17, 15) is 13.2 Å². The highest BCUT2D eigenvalue weighted by atomic mass is 79.9. The smallest absolute Gasteiger partial charge is 0.410 e. The fraction of sp³-hybridized carbons (Fsp3) is 0.368. The molecule has 1 aromatic heterocycles. The van der Waals surface area contributed by atoms with Gasteiger partial charge in [-0.25, -0.2) is 13.2 Å². The van der Waals surface area contributed by atoms with Crippen molar-refractivity contribution in [2.45, 2.75) is 89.9 Å². The van der Waals surface area contributed by atoms with Crippen molar-refractivity contribution in [2.24, 2.45) is 0 Å². The molecule has 0 aliphatic heterocycles. The number of pyridine rings is 1. The van der Waals surface area contributed by atoms with Gasteiger partial charge in [0.1, 0.15) is 5.60 Å². The Morgan fingerprint density at radius 3 is 1.89 bits per heavy atom. The molecule has 0 bridgehead atoms. The van der Waals surface area contributed by atoms with Crippen molar-refractivity contribution in [3.8, 4) is 11.1 Å². The molecule has 0 N–H and O–H groups in total. The second-order valence-electron chi connectivity index (χ2n) is 13.3. The van der Waals surface area contributed by atoms with Crippen molar-refractivity contribution in [1.82, 2.24) is 14.2 Å². The molecule has 1 aliphatic rings. The molecule has 7 nitrogen and oxygen atoms in total. The van der Waals surface area contributed by atoms with Gasteiger partial charge in [-0.15, -0.1) is 0 Å². The zero-order valence-corrected chi connectivity index (χ0v) is 29.8. The van der Waals surface area contributed by atoms with E-state index in [1.54, 1.807) is 12.4 Å². The summed E-state index contributed by atoms with van der Waals surface area (Å²) < 4.78 is 35.5. The average Bonchev–Trinajstić information content (AvgIpc) is 3.05. The summed E-state index contributed by atoms with van der Waals surface area (Å²) >= 11 is 3.42. The van der Waals surface area contributed by atoms with Gasteiger partial charge in [0.15, 0.2) is 0 Å². The van der Waals surface area contributed by atoms with Gasteiger partial charge < -0.3 is 9.64 Å². The first-order chi connectivity index (χ1) is 22.4. The molecule has 1 amide bonds. The fourth-order valence-electron chi connectivity index (χ4n) is 5.89. The second-order valence-corrected chi connectivity index (χ2v) is 16.2. The zero-order chi connectivity index (χ0) is 33.4. The number of rotatable bonds is 11. The number of hydrogen-bond acceptors (Lipinski definition) is 5. The number of sulfonamides is 1. The summed E-state index contributed by atoms with van der Waals surface area (Å²) in [5.74, 6) is -0.0862. The van der Waals surface area contributed by atoms with Crippen LogP contribution in [-0.2, 0) is 40.1 Å². The van der Waals surface area contributed by atoms with Crippen LogP contribution in [0.25, 0.3) is 11.1 Å². The van der Waals surface area contributed by atoms with E-state index in [-0.39, 0.29) is 31.0 Å².